The predicted molar refractivity (Wildman–Crippen MR) is 137 cm³/mol. The third-order valence-electron chi connectivity index (χ3n) is 7.03. The summed E-state index contributed by atoms with van der Waals surface area (Å²) in [4.78, 5) is 30.5. The minimum atomic E-state index is -0.187. The summed E-state index contributed by atoms with van der Waals surface area (Å²) in [7, 11) is 0. The Balaban J connectivity index is 1.26. The summed E-state index contributed by atoms with van der Waals surface area (Å²) in [5.74, 6) is 0.602. The highest BCUT2D eigenvalue weighted by Gasteiger charge is 2.21. The van der Waals surface area contributed by atoms with Gasteiger partial charge in [0.25, 0.3) is 5.91 Å². The van der Waals surface area contributed by atoms with Crippen LogP contribution < -0.4 is 10.6 Å². The number of carbonyl (C=O) groups is 2. The largest absolute Gasteiger partial charge is 0.348 e. The molecule has 0 atom stereocenters. The van der Waals surface area contributed by atoms with Crippen LogP contribution in [0.15, 0.2) is 54.6 Å². The smallest absolute Gasteiger partial charge is 0.253 e. The molecule has 2 amide bonds. The molecule has 1 saturated heterocycles. The van der Waals surface area contributed by atoms with E-state index in [9.17, 15) is 9.59 Å². The van der Waals surface area contributed by atoms with E-state index in [1.165, 1.54) is 38.6 Å². The Hall–Kier alpha value is -2.70. The Labute approximate surface area is 203 Å². The molecule has 6 nitrogen and oxygen atoms in total. The second-order valence-corrected chi connectivity index (χ2v) is 9.70. The van der Waals surface area contributed by atoms with Gasteiger partial charge < -0.3 is 15.5 Å². The summed E-state index contributed by atoms with van der Waals surface area (Å²) in [6.07, 6.45) is 8.02. The van der Waals surface area contributed by atoms with Gasteiger partial charge in [0, 0.05) is 26.2 Å². The van der Waals surface area contributed by atoms with E-state index < -0.39 is 0 Å². The maximum absolute atomic E-state index is 12.8. The van der Waals surface area contributed by atoms with Crippen molar-refractivity contribution in [1.29, 1.82) is 0 Å². The first-order valence-corrected chi connectivity index (χ1v) is 12.8. The van der Waals surface area contributed by atoms with Crippen molar-refractivity contribution >= 4 is 17.5 Å². The van der Waals surface area contributed by atoms with Crippen LogP contribution in [0.4, 0.5) is 5.69 Å². The normalized spacial score (nSPS) is 18.2. The summed E-state index contributed by atoms with van der Waals surface area (Å²) in [6, 6.07) is 17.0. The highest BCUT2D eigenvalue weighted by Crippen LogP contribution is 2.24. The van der Waals surface area contributed by atoms with Gasteiger partial charge in [-0.15, -0.1) is 0 Å². The summed E-state index contributed by atoms with van der Waals surface area (Å²) in [5, 5.41) is 5.93. The lowest BCUT2D eigenvalue weighted by Crippen LogP contribution is -2.37. The molecule has 0 spiro atoms. The fraction of sp³-hybridized carbons (Fsp3) is 0.500. The highest BCUT2D eigenvalue weighted by molar-refractivity contribution is 6.04. The zero-order chi connectivity index (χ0) is 23.6. The van der Waals surface area contributed by atoms with E-state index in [2.05, 4.69) is 20.4 Å². The van der Waals surface area contributed by atoms with E-state index in [1.54, 1.807) is 12.1 Å². The number of benzene rings is 2. The van der Waals surface area contributed by atoms with Crippen molar-refractivity contribution in [3.63, 3.8) is 0 Å². The Morgan fingerprint density at radius 3 is 2.32 bits per heavy atom. The lowest BCUT2D eigenvalue weighted by atomic mass is 9.89. The molecule has 1 saturated carbocycles. The molecular formula is C28H38N4O2. The molecule has 0 aromatic heterocycles. The Kier molecular flexibility index (Phi) is 9.11. The van der Waals surface area contributed by atoms with E-state index in [0.29, 0.717) is 24.3 Å². The van der Waals surface area contributed by atoms with Crippen molar-refractivity contribution in [1.82, 2.24) is 15.1 Å². The lowest BCUT2D eigenvalue weighted by molar-refractivity contribution is -0.117. The molecule has 1 aliphatic heterocycles. The minimum Gasteiger partial charge on any atom is -0.348 e. The third-order valence-corrected chi connectivity index (χ3v) is 7.03. The zero-order valence-electron chi connectivity index (χ0n) is 20.2. The number of amides is 2. The molecule has 4 rings (SSSR count). The van der Waals surface area contributed by atoms with Crippen molar-refractivity contribution in [3.05, 3.63) is 65.7 Å². The topological polar surface area (TPSA) is 64.7 Å². The molecule has 0 bridgehead atoms. The van der Waals surface area contributed by atoms with E-state index in [4.69, 9.17) is 0 Å². The quantitative estimate of drug-likeness (QED) is 0.619. The van der Waals surface area contributed by atoms with Crippen LogP contribution in [-0.4, -0.2) is 60.9 Å². The van der Waals surface area contributed by atoms with Gasteiger partial charge in [-0.25, -0.2) is 0 Å². The van der Waals surface area contributed by atoms with Gasteiger partial charge in [0.05, 0.1) is 17.8 Å². The molecule has 2 aliphatic rings. The SMILES string of the molecule is O=C(CN1CCCN(CC2CCCCC2)CC1)Nc1ccccc1C(=O)NCc1ccccc1. The lowest BCUT2D eigenvalue weighted by Gasteiger charge is -2.28. The summed E-state index contributed by atoms with van der Waals surface area (Å²) < 4.78 is 0. The molecule has 0 unspecified atom stereocenters. The van der Waals surface area contributed by atoms with Crippen molar-refractivity contribution in [2.45, 2.75) is 45.1 Å². The Morgan fingerprint density at radius 1 is 0.794 bits per heavy atom. The molecule has 2 fully saturated rings. The van der Waals surface area contributed by atoms with E-state index >= 15 is 0 Å². The maximum Gasteiger partial charge on any atom is 0.253 e. The second kappa shape index (κ2) is 12.7. The first kappa shape index (κ1) is 24.4. The molecule has 0 radical (unpaired) electrons. The van der Waals surface area contributed by atoms with Gasteiger partial charge in [-0.05, 0) is 56.0 Å². The van der Waals surface area contributed by atoms with Crippen molar-refractivity contribution in [3.8, 4) is 0 Å². The van der Waals surface area contributed by atoms with Crippen molar-refractivity contribution < 1.29 is 9.59 Å². The monoisotopic (exact) mass is 462 g/mol. The third kappa shape index (κ3) is 7.40. The summed E-state index contributed by atoms with van der Waals surface area (Å²) in [5.41, 5.74) is 2.09. The number of para-hydroxylation sites is 1. The zero-order valence-corrected chi connectivity index (χ0v) is 20.2. The van der Waals surface area contributed by atoms with Crippen LogP contribution in [0, 0.1) is 5.92 Å². The number of nitrogens with zero attached hydrogens (tertiary/aromatic N) is 2. The van der Waals surface area contributed by atoms with Gasteiger partial charge in [-0.3, -0.25) is 14.5 Å². The van der Waals surface area contributed by atoms with Gasteiger partial charge in [-0.2, -0.15) is 0 Å². The van der Waals surface area contributed by atoms with Gasteiger partial charge in [-0.1, -0.05) is 61.7 Å². The van der Waals surface area contributed by atoms with Crippen LogP contribution in [0.25, 0.3) is 0 Å². The molecular weight excluding hydrogens is 424 g/mol. The number of carbonyl (C=O) groups excluding carboxylic acids is 2. The van der Waals surface area contributed by atoms with Crippen LogP contribution in [-0.2, 0) is 11.3 Å². The standard InChI is InChI=1S/C28H38N4O2/c33-27(22-32-17-9-16-31(18-19-32)21-24-12-5-2-6-13-24)30-26-15-8-7-14-25(26)28(34)29-20-23-10-3-1-4-11-23/h1,3-4,7-8,10-11,14-15,24H,2,5-6,9,12-13,16-22H2,(H,29,34)(H,30,33). The molecule has 182 valence electrons. The molecule has 2 N–H and O–H groups in total. The highest BCUT2D eigenvalue weighted by atomic mass is 16.2. The summed E-state index contributed by atoms with van der Waals surface area (Å²) in [6.45, 7) is 6.03. The fourth-order valence-electron chi connectivity index (χ4n) is 5.16. The summed E-state index contributed by atoms with van der Waals surface area (Å²) >= 11 is 0. The second-order valence-electron chi connectivity index (χ2n) is 9.70. The van der Waals surface area contributed by atoms with Crippen molar-refractivity contribution in [2.24, 2.45) is 5.92 Å². The molecule has 6 heteroatoms. The molecule has 2 aromatic rings. The van der Waals surface area contributed by atoms with Crippen LogP contribution in [0.3, 0.4) is 0 Å². The van der Waals surface area contributed by atoms with Gasteiger partial charge in [0.2, 0.25) is 5.91 Å². The molecule has 1 aliphatic carbocycles. The number of hydrogen-bond acceptors (Lipinski definition) is 4. The first-order chi connectivity index (χ1) is 16.7. The van der Waals surface area contributed by atoms with Crippen LogP contribution >= 0.6 is 0 Å². The predicted octanol–water partition coefficient (Wildman–Crippen LogP) is 4.14. The average Bonchev–Trinajstić information content (AvgIpc) is 3.09. The van der Waals surface area contributed by atoms with Crippen LogP contribution in [0.1, 0.15) is 54.4 Å². The molecule has 34 heavy (non-hydrogen) atoms. The van der Waals surface area contributed by atoms with Crippen LogP contribution in [0.2, 0.25) is 0 Å². The first-order valence-electron chi connectivity index (χ1n) is 12.8. The average molecular weight is 463 g/mol. The van der Waals surface area contributed by atoms with E-state index in [0.717, 1.165) is 44.1 Å². The minimum absolute atomic E-state index is 0.0657. The maximum atomic E-state index is 12.8. The van der Waals surface area contributed by atoms with Gasteiger partial charge in [0.15, 0.2) is 0 Å². The van der Waals surface area contributed by atoms with Crippen molar-refractivity contribution in [2.75, 3.05) is 44.6 Å². The van der Waals surface area contributed by atoms with E-state index in [-0.39, 0.29) is 11.8 Å². The fourth-order valence-corrected chi connectivity index (χ4v) is 5.16. The number of hydrogen-bond donors (Lipinski definition) is 2. The van der Waals surface area contributed by atoms with Gasteiger partial charge >= 0.3 is 0 Å². The molecule has 1 heterocycles. The number of rotatable bonds is 8. The van der Waals surface area contributed by atoms with E-state index in [1.807, 2.05) is 42.5 Å². The molecule has 2 aromatic carbocycles. The Morgan fingerprint density at radius 2 is 1.50 bits per heavy atom. The Bertz CT molecular complexity index is 927. The van der Waals surface area contributed by atoms with Crippen LogP contribution in [0.5, 0.6) is 0 Å². The van der Waals surface area contributed by atoms with Gasteiger partial charge in [0.1, 0.15) is 0 Å². The number of anilines is 1. The number of nitrogens with one attached hydrogen (secondary N) is 2.